The van der Waals surface area contributed by atoms with Crippen LogP contribution in [0.4, 0.5) is 5.82 Å². The van der Waals surface area contributed by atoms with Gasteiger partial charge >= 0.3 is 5.97 Å². The van der Waals surface area contributed by atoms with E-state index >= 15 is 0 Å². The standard InChI is InChI=1S/C13H20N2O2/c1-5-11(6-2)15(3)12-9-10(7-8-14-12)13(16)17-4/h7-9,11H,5-6H2,1-4H3. The molecule has 0 atom stereocenters. The van der Waals surface area contributed by atoms with Gasteiger partial charge in [-0.25, -0.2) is 9.78 Å². The number of carbonyl (C=O) groups is 1. The van der Waals surface area contributed by atoms with E-state index in [1.165, 1.54) is 7.11 Å². The van der Waals surface area contributed by atoms with E-state index in [4.69, 9.17) is 4.74 Å². The first-order chi connectivity index (χ1) is 8.13. The predicted molar refractivity (Wildman–Crippen MR) is 68.3 cm³/mol. The van der Waals surface area contributed by atoms with Crippen molar-refractivity contribution in [3.05, 3.63) is 23.9 Å². The highest BCUT2D eigenvalue weighted by atomic mass is 16.5. The van der Waals surface area contributed by atoms with Crippen LogP contribution in [0.5, 0.6) is 0 Å². The minimum atomic E-state index is -0.327. The van der Waals surface area contributed by atoms with Gasteiger partial charge < -0.3 is 9.64 Å². The molecule has 0 amide bonds. The molecular weight excluding hydrogens is 216 g/mol. The second kappa shape index (κ2) is 6.23. The second-order valence-electron chi connectivity index (χ2n) is 3.98. The Kier molecular flexibility index (Phi) is 4.94. The highest BCUT2D eigenvalue weighted by Crippen LogP contribution is 2.17. The van der Waals surface area contributed by atoms with E-state index in [2.05, 4.69) is 23.7 Å². The molecule has 1 heterocycles. The number of hydrogen-bond donors (Lipinski definition) is 0. The monoisotopic (exact) mass is 236 g/mol. The Bertz CT molecular complexity index is 375. The Morgan fingerprint density at radius 2 is 2.12 bits per heavy atom. The third kappa shape index (κ3) is 3.19. The number of anilines is 1. The van der Waals surface area contributed by atoms with Gasteiger partial charge in [-0.1, -0.05) is 13.8 Å². The summed E-state index contributed by atoms with van der Waals surface area (Å²) >= 11 is 0. The lowest BCUT2D eigenvalue weighted by molar-refractivity contribution is 0.0600. The number of aromatic nitrogens is 1. The lowest BCUT2D eigenvalue weighted by atomic mass is 10.1. The van der Waals surface area contributed by atoms with Crippen molar-refractivity contribution < 1.29 is 9.53 Å². The number of hydrogen-bond acceptors (Lipinski definition) is 4. The van der Waals surface area contributed by atoms with Crippen LogP contribution in [0.2, 0.25) is 0 Å². The van der Waals surface area contributed by atoms with E-state index in [0.717, 1.165) is 18.7 Å². The summed E-state index contributed by atoms with van der Waals surface area (Å²) in [6.45, 7) is 4.30. The number of methoxy groups -OCH3 is 1. The molecule has 0 aromatic carbocycles. The summed E-state index contributed by atoms with van der Waals surface area (Å²) in [5, 5.41) is 0. The third-order valence-electron chi connectivity index (χ3n) is 3.02. The highest BCUT2D eigenvalue weighted by molar-refractivity contribution is 5.90. The highest BCUT2D eigenvalue weighted by Gasteiger charge is 2.14. The molecule has 0 aliphatic rings. The largest absolute Gasteiger partial charge is 0.465 e. The maximum Gasteiger partial charge on any atom is 0.338 e. The summed E-state index contributed by atoms with van der Waals surface area (Å²) < 4.78 is 4.70. The van der Waals surface area contributed by atoms with E-state index in [1.54, 1.807) is 18.3 Å². The van der Waals surface area contributed by atoms with Crippen LogP contribution in [0.1, 0.15) is 37.0 Å². The molecule has 1 aromatic rings. The van der Waals surface area contributed by atoms with Crippen molar-refractivity contribution in [3.8, 4) is 0 Å². The van der Waals surface area contributed by atoms with E-state index in [1.807, 2.05) is 7.05 Å². The van der Waals surface area contributed by atoms with Crippen LogP contribution in [0.3, 0.4) is 0 Å². The molecule has 0 N–H and O–H groups in total. The lowest BCUT2D eigenvalue weighted by Gasteiger charge is -2.27. The molecule has 0 saturated heterocycles. The number of ether oxygens (including phenoxy) is 1. The molecule has 4 nitrogen and oxygen atoms in total. The Morgan fingerprint density at radius 1 is 1.47 bits per heavy atom. The van der Waals surface area contributed by atoms with Gasteiger partial charge in [0.2, 0.25) is 0 Å². The molecule has 94 valence electrons. The molecule has 0 fully saturated rings. The van der Waals surface area contributed by atoms with Gasteiger partial charge in [-0.2, -0.15) is 0 Å². The lowest BCUT2D eigenvalue weighted by Crippen LogP contribution is -2.31. The SMILES string of the molecule is CCC(CC)N(C)c1cc(C(=O)OC)ccn1. The molecular formula is C13H20N2O2. The molecule has 0 spiro atoms. The van der Waals surface area contributed by atoms with Crippen LogP contribution in [-0.2, 0) is 4.74 Å². The predicted octanol–water partition coefficient (Wildman–Crippen LogP) is 2.49. The van der Waals surface area contributed by atoms with Crippen LogP contribution in [0.25, 0.3) is 0 Å². The summed E-state index contributed by atoms with van der Waals surface area (Å²) in [7, 11) is 3.38. The zero-order chi connectivity index (χ0) is 12.8. The topological polar surface area (TPSA) is 42.4 Å². The fourth-order valence-corrected chi connectivity index (χ4v) is 1.88. The van der Waals surface area contributed by atoms with Crippen LogP contribution >= 0.6 is 0 Å². The minimum Gasteiger partial charge on any atom is -0.465 e. The zero-order valence-electron chi connectivity index (χ0n) is 10.9. The first kappa shape index (κ1) is 13.5. The number of nitrogens with zero attached hydrogens (tertiary/aromatic N) is 2. The van der Waals surface area contributed by atoms with Crippen molar-refractivity contribution in [1.82, 2.24) is 4.98 Å². The van der Waals surface area contributed by atoms with E-state index in [-0.39, 0.29) is 5.97 Å². The van der Waals surface area contributed by atoms with Crippen LogP contribution in [-0.4, -0.2) is 31.2 Å². The van der Waals surface area contributed by atoms with Gasteiger partial charge in [0.25, 0.3) is 0 Å². The smallest absolute Gasteiger partial charge is 0.338 e. The fourth-order valence-electron chi connectivity index (χ4n) is 1.88. The van der Waals surface area contributed by atoms with Gasteiger partial charge in [0, 0.05) is 19.3 Å². The van der Waals surface area contributed by atoms with Gasteiger partial charge in [-0.15, -0.1) is 0 Å². The quantitative estimate of drug-likeness (QED) is 0.737. The minimum absolute atomic E-state index is 0.327. The van der Waals surface area contributed by atoms with Gasteiger partial charge in [0.1, 0.15) is 5.82 Å². The number of esters is 1. The van der Waals surface area contributed by atoms with Crippen molar-refractivity contribution in [1.29, 1.82) is 0 Å². The first-order valence-electron chi connectivity index (χ1n) is 5.91. The Labute approximate surface area is 103 Å². The average Bonchev–Trinajstić information content (AvgIpc) is 2.39. The molecule has 0 radical (unpaired) electrons. The Morgan fingerprint density at radius 3 is 2.65 bits per heavy atom. The number of carbonyl (C=O) groups excluding carboxylic acids is 1. The summed E-state index contributed by atoms with van der Waals surface area (Å²) in [4.78, 5) is 17.8. The van der Waals surface area contributed by atoms with E-state index in [0.29, 0.717) is 11.6 Å². The van der Waals surface area contributed by atoms with Crippen molar-refractivity contribution in [2.45, 2.75) is 32.7 Å². The summed E-state index contributed by atoms with van der Waals surface area (Å²) in [5.41, 5.74) is 0.537. The van der Waals surface area contributed by atoms with Crippen LogP contribution in [0, 0.1) is 0 Å². The molecule has 17 heavy (non-hydrogen) atoms. The zero-order valence-corrected chi connectivity index (χ0v) is 10.9. The van der Waals surface area contributed by atoms with Crippen LogP contribution < -0.4 is 4.90 Å². The molecule has 0 aliphatic carbocycles. The number of pyridine rings is 1. The molecule has 0 bridgehead atoms. The van der Waals surface area contributed by atoms with E-state index in [9.17, 15) is 4.79 Å². The molecule has 4 heteroatoms. The van der Waals surface area contributed by atoms with E-state index < -0.39 is 0 Å². The first-order valence-corrected chi connectivity index (χ1v) is 5.91. The second-order valence-corrected chi connectivity index (χ2v) is 3.98. The third-order valence-corrected chi connectivity index (χ3v) is 3.02. The van der Waals surface area contributed by atoms with Crippen molar-refractivity contribution >= 4 is 11.8 Å². The number of rotatable bonds is 5. The van der Waals surface area contributed by atoms with Gasteiger partial charge in [-0.3, -0.25) is 0 Å². The van der Waals surface area contributed by atoms with Crippen molar-refractivity contribution in [2.24, 2.45) is 0 Å². The summed E-state index contributed by atoms with van der Waals surface area (Å²) in [5.74, 6) is 0.480. The fraction of sp³-hybridized carbons (Fsp3) is 0.538. The summed E-state index contributed by atoms with van der Waals surface area (Å²) in [6.07, 6.45) is 3.74. The average molecular weight is 236 g/mol. The Hall–Kier alpha value is -1.58. The Balaban J connectivity index is 2.94. The molecule has 1 aromatic heterocycles. The maximum absolute atomic E-state index is 11.4. The normalized spacial score (nSPS) is 10.4. The maximum atomic E-state index is 11.4. The van der Waals surface area contributed by atoms with Crippen molar-refractivity contribution in [2.75, 3.05) is 19.1 Å². The van der Waals surface area contributed by atoms with Gasteiger partial charge in [0.05, 0.1) is 12.7 Å². The molecule has 0 unspecified atom stereocenters. The van der Waals surface area contributed by atoms with Gasteiger partial charge in [0.15, 0.2) is 0 Å². The van der Waals surface area contributed by atoms with Crippen molar-refractivity contribution in [3.63, 3.8) is 0 Å². The molecule has 0 saturated carbocycles. The molecule has 0 aliphatic heterocycles. The summed E-state index contributed by atoms with van der Waals surface area (Å²) in [6, 6.07) is 3.87. The van der Waals surface area contributed by atoms with Gasteiger partial charge in [-0.05, 0) is 25.0 Å². The van der Waals surface area contributed by atoms with Crippen LogP contribution in [0.15, 0.2) is 18.3 Å². The molecule has 1 rings (SSSR count).